The zero-order valence-corrected chi connectivity index (χ0v) is 25.1. The maximum Gasteiger partial charge on any atom is 0.144 e. The number of hydrogen-bond acceptors (Lipinski definition) is 2. The second-order valence-corrected chi connectivity index (χ2v) is 14.2. The van der Waals surface area contributed by atoms with Crippen LogP contribution in [0.1, 0.15) is 90.4 Å². The first-order valence-corrected chi connectivity index (χ1v) is 14.7. The smallest absolute Gasteiger partial charge is 0.144 e. The molecule has 0 amide bonds. The van der Waals surface area contributed by atoms with Crippen LogP contribution >= 0.6 is 0 Å². The first-order chi connectivity index (χ1) is 21.3. The van der Waals surface area contributed by atoms with Gasteiger partial charge in [-0.05, 0) is 110 Å². The van der Waals surface area contributed by atoms with Crippen molar-refractivity contribution in [3.8, 4) is 11.3 Å². The number of fused-ring (bicyclic) bond motifs is 9. The van der Waals surface area contributed by atoms with E-state index in [-0.39, 0.29) is 22.0 Å². The fraction of sp³-hybridized carbons (Fsp3) is 0.359. The molecule has 41 heavy (non-hydrogen) atoms. The zero-order valence-electron chi connectivity index (χ0n) is 30.1. The van der Waals surface area contributed by atoms with Crippen molar-refractivity contribution < 1.29 is 11.3 Å². The number of furan rings is 1. The molecule has 2 nitrogen and oxygen atoms in total. The Morgan fingerprint density at radius 1 is 0.805 bits per heavy atom. The fourth-order valence-electron chi connectivity index (χ4n) is 7.07. The highest BCUT2D eigenvalue weighted by atomic mass is 16.3. The number of hydrogen-bond donors (Lipinski definition) is 0. The maximum absolute atomic E-state index is 9.00. The molecule has 0 spiro atoms. The normalized spacial score (nSPS) is 19.0. The molecule has 6 aromatic rings. The van der Waals surface area contributed by atoms with E-state index >= 15 is 0 Å². The summed E-state index contributed by atoms with van der Waals surface area (Å²) < 4.78 is 49.1. The Morgan fingerprint density at radius 2 is 1.49 bits per heavy atom. The first-order valence-electron chi connectivity index (χ1n) is 17.2. The minimum Gasteiger partial charge on any atom is -0.455 e. The van der Waals surface area contributed by atoms with Crippen LogP contribution < -0.4 is 0 Å². The van der Waals surface area contributed by atoms with Gasteiger partial charge in [0.15, 0.2) is 0 Å². The molecule has 0 atom stereocenters. The average Bonchev–Trinajstić information content (AvgIpc) is 3.34. The summed E-state index contributed by atoms with van der Waals surface area (Å²) in [7, 11) is 0. The van der Waals surface area contributed by atoms with E-state index in [0.717, 1.165) is 29.2 Å². The summed E-state index contributed by atoms with van der Waals surface area (Å²) in [5, 5.41) is 6.93. The van der Waals surface area contributed by atoms with E-state index in [1.165, 1.54) is 38.9 Å². The number of pyridine rings is 1. The van der Waals surface area contributed by atoms with Gasteiger partial charge in [0.25, 0.3) is 0 Å². The second kappa shape index (κ2) is 8.68. The lowest BCUT2D eigenvalue weighted by Crippen LogP contribution is -2.34. The fourth-order valence-corrected chi connectivity index (χ4v) is 7.07. The molecule has 7 rings (SSSR count). The van der Waals surface area contributed by atoms with E-state index in [4.69, 9.17) is 11.3 Å². The Hall–Kier alpha value is -3.65. The molecule has 0 fully saturated rings. The van der Waals surface area contributed by atoms with Crippen molar-refractivity contribution in [2.45, 2.75) is 85.4 Å². The van der Waals surface area contributed by atoms with Gasteiger partial charge in [0.2, 0.25) is 0 Å². The average molecular weight is 545 g/mol. The van der Waals surface area contributed by atoms with Crippen molar-refractivity contribution >= 4 is 43.5 Å². The topological polar surface area (TPSA) is 26.0 Å². The number of benzene rings is 4. The van der Waals surface area contributed by atoms with Crippen LogP contribution in [-0.4, -0.2) is 4.98 Å². The number of aryl methyl sites for hydroxylation is 1. The summed E-state index contributed by atoms with van der Waals surface area (Å²) in [5.41, 5.74) is 4.74. The van der Waals surface area contributed by atoms with Gasteiger partial charge < -0.3 is 4.42 Å². The highest BCUT2D eigenvalue weighted by molar-refractivity contribution is 6.19. The molecule has 2 heteroatoms. The summed E-state index contributed by atoms with van der Waals surface area (Å²) >= 11 is 0. The summed E-state index contributed by atoms with van der Waals surface area (Å²) in [6.07, 6.45) is 1.64. The molecule has 1 aliphatic rings. The lowest BCUT2D eigenvalue weighted by molar-refractivity contribution is 0.337. The van der Waals surface area contributed by atoms with Crippen molar-refractivity contribution in [1.29, 1.82) is 0 Å². The van der Waals surface area contributed by atoms with Crippen LogP contribution in [0.2, 0.25) is 0 Å². The summed E-state index contributed by atoms with van der Waals surface area (Å²) in [5.74, 6) is 0. The second-order valence-electron chi connectivity index (χ2n) is 14.2. The lowest BCUT2D eigenvalue weighted by Gasteiger charge is -2.43. The van der Waals surface area contributed by atoms with Crippen LogP contribution in [0.5, 0.6) is 0 Å². The summed E-state index contributed by atoms with van der Waals surface area (Å²) in [4.78, 5) is 4.59. The van der Waals surface area contributed by atoms with Gasteiger partial charge in [-0.15, -0.1) is 0 Å². The molecule has 2 heterocycles. The third-order valence-electron chi connectivity index (χ3n) is 9.06. The van der Waals surface area contributed by atoms with Crippen molar-refractivity contribution in [3.05, 3.63) is 89.1 Å². The lowest BCUT2D eigenvalue weighted by atomic mass is 9.61. The van der Waals surface area contributed by atoms with E-state index in [0.29, 0.717) is 16.8 Å². The van der Waals surface area contributed by atoms with Gasteiger partial charge in [-0.1, -0.05) is 84.9 Å². The summed E-state index contributed by atoms with van der Waals surface area (Å²) in [6, 6.07) is 20.8. The molecule has 0 bridgehead atoms. The highest BCUT2D eigenvalue weighted by Crippen LogP contribution is 2.52. The highest BCUT2D eigenvalue weighted by Gasteiger charge is 2.40. The standard InChI is InChI=1S/C39H41NO/c1-23-22-40-32(18-24(23)21-37(2,3)4)28-15-11-14-27-30-19-31-29(20-33(30)41-36(27)28)25-12-9-10-13-26(25)34-35(31)39(7,8)17-16-38(34,5)6/h9-15,18-20,22H,16-17,21H2,1-8H3/i1D3,21D2. The Morgan fingerprint density at radius 3 is 2.20 bits per heavy atom. The van der Waals surface area contributed by atoms with E-state index < -0.39 is 18.6 Å². The number of rotatable bonds is 2. The predicted molar refractivity (Wildman–Crippen MR) is 175 cm³/mol. The van der Waals surface area contributed by atoms with Crippen molar-refractivity contribution in [1.82, 2.24) is 4.98 Å². The zero-order chi connectivity index (χ0) is 33.2. The molecule has 0 aliphatic heterocycles. The number of para-hydroxylation sites is 1. The van der Waals surface area contributed by atoms with Gasteiger partial charge in [0.1, 0.15) is 11.2 Å². The van der Waals surface area contributed by atoms with E-state index in [9.17, 15) is 0 Å². The molecule has 1 aliphatic carbocycles. The van der Waals surface area contributed by atoms with Gasteiger partial charge in [0.05, 0.1) is 5.69 Å². The van der Waals surface area contributed by atoms with Crippen LogP contribution in [0.15, 0.2) is 71.3 Å². The van der Waals surface area contributed by atoms with Crippen LogP contribution in [0.3, 0.4) is 0 Å². The maximum atomic E-state index is 9.00. The quantitative estimate of drug-likeness (QED) is 0.203. The van der Waals surface area contributed by atoms with E-state index in [2.05, 4.69) is 75.1 Å². The summed E-state index contributed by atoms with van der Waals surface area (Å²) in [6.45, 7) is 12.3. The van der Waals surface area contributed by atoms with Gasteiger partial charge >= 0.3 is 0 Å². The molecule has 4 aromatic carbocycles. The molecule has 2 aromatic heterocycles. The van der Waals surface area contributed by atoms with Crippen LogP contribution in [0.4, 0.5) is 0 Å². The SMILES string of the molecule is [2H]C([2H])([2H])c1cnc(-c2cccc3c2oc2cc4c(cc23)c2c(c3ccccc34)C(C)(C)CCC2(C)C)cc1C([2H])([2H])C(C)(C)C. The van der Waals surface area contributed by atoms with Gasteiger partial charge in [-0.2, -0.15) is 0 Å². The number of aromatic nitrogens is 1. The van der Waals surface area contributed by atoms with Gasteiger partial charge in [-0.3, -0.25) is 4.98 Å². The minimum absolute atomic E-state index is 0.00240. The monoisotopic (exact) mass is 544 g/mol. The van der Waals surface area contributed by atoms with Crippen molar-refractivity contribution in [2.24, 2.45) is 5.41 Å². The van der Waals surface area contributed by atoms with Crippen LogP contribution in [0.25, 0.3) is 54.7 Å². The van der Waals surface area contributed by atoms with Crippen molar-refractivity contribution in [3.63, 3.8) is 0 Å². The van der Waals surface area contributed by atoms with E-state index in [1.54, 1.807) is 26.8 Å². The first kappa shape index (κ1) is 21.1. The van der Waals surface area contributed by atoms with Crippen LogP contribution in [0, 0.1) is 12.3 Å². The predicted octanol–water partition coefficient (Wildman–Crippen LogP) is 11.2. The molecule has 208 valence electrons. The molecule has 0 saturated heterocycles. The Labute approximate surface area is 250 Å². The molecule has 0 unspecified atom stereocenters. The largest absolute Gasteiger partial charge is 0.455 e. The number of nitrogens with zero attached hydrogens (tertiary/aromatic N) is 1. The minimum atomic E-state index is -2.50. The third kappa shape index (κ3) is 4.09. The Balaban J connectivity index is 1.55. The van der Waals surface area contributed by atoms with E-state index in [1.807, 2.05) is 12.1 Å². The molecular weight excluding hydrogens is 498 g/mol. The molecule has 0 N–H and O–H groups in total. The van der Waals surface area contributed by atoms with Gasteiger partial charge in [0, 0.05) is 29.4 Å². The Bertz CT molecular complexity index is 2210. The van der Waals surface area contributed by atoms with Crippen LogP contribution in [-0.2, 0) is 17.2 Å². The Kier molecular flexibility index (Phi) is 4.47. The molecule has 0 radical (unpaired) electrons. The van der Waals surface area contributed by atoms with Crippen molar-refractivity contribution in [2.75, 3.05) is 0 Å². The molecule has 0 saturated carbocycles. The van der Waals surface area contributed by atoms with Gasteiger partial charge in [-0.25, -0.2) is 0 Å². The molecular formula is C39H41NO. The third-order valence-corrected chi connectivity index (χ3v) is 9.06.